The van der Waals surface area contributed by atoms with Crippen LogP contribution >= 0.6 is 23.1 Å². The Morgan fingerprint density at radius 3 is 2.67 bits per heavy atom. The summed E-state index contributed by atoms with van der Waals surface area (Å²) in [5.41, 5.74) is 3.29. The highest BCUT2D eigenvalue weighted by Crippen LogP contribution is 2.33. The molecular formula is C23H22N2O3S2. The van der Waals surface area contributed by atoms with Crippen LogP contribution in [-0.4, -0.2) is 23.8 Å². The molecule has 0 fully saturated rings. The quantitative estimate of drug-likeness (QED) is 0.339. The summed E-state index contributed by atoms with van der Waals surface area (Å²) in [4.78, 5) is 20.7. The number of nitrogens with zero attached hydrogens (tertiary/aromatic N) is 2. The minimum absolute atomic E-state index is 0.0133. The van der Waals surface area contributed by atoms with Crippen molar-refractivity contribution in [3.8, 4) is 5.75 Å². The highest BCUT2D eigenvalue weighted by atomic mass is 32.2. The first-order valence-corrected chi connectivity index (χ1v) is 11.3. The summed E-state index contributed by atoms with van der Waals surface area (Å²) in [6.45, 7) is 4.50. The number of amides is 1. The van der Waals surface area contributed by atoms with Gasteiger partial charge in [0.25, 0.3) is 0 Å². The van der Waals surface area contributed by atoms with Gasteiger partial charge >= 0.3 is 0 Å². The number of anilines is 1. The molecule has 154 valence electrons. The molecule has 2 heterocycles. The van der Waals surface area contributed by atoms with E-state index >= 15 is 0 Å². The molecule has 4 rings (SSSR count). The molecule has 2 aromatic carbocycles. The van der Waals surface area contributed by atoms with E-state index in [0.717, 1.165) is 32.2 Å². The minimum atomic E-state index is -0.0133. The molecule has 0 aliphatic carbocycles. The Morgan fingerprint density at radius 2 is 1.97 bits per heavy atom. The lowest BCUT2D eigenvalue weighted by Crippen LogP contribution is -2.31. The number of carbonyl (C=O) groups excluding carboxylic acids is 1. The average molecular weight is 439 g/mol. The molecule has 5 nitrogen and oxygen atoms in total. The Labute approximate surface area is 183 Å². The summed E-state index contributed by atoms with van der Waals surface area (Å²) in [6.07, 6.45) is 1.62. The van der Waals surface area contributed by atoms with Crippen LogP contribution in [0.5, 0.6) is 5.75 Å². The van der Waals surface area contributed by atoms with E-state index in [2.05, 4.69) is 26.0 Å². The summed E-state index contributed by atoms with van der Waals surface area (Å²) in [7, 11) is 1.64. The number of thioether (sulfide) groups is 1. The van der Waals surface area contributed by atoms with E-state index in [0.29, 0.717) is 17.4 Å². The fourth-order valence-corrected chi connectivity index (χ4v) is 4.86. The van der Waals surface area contributed by atoms with Crippen molar-refractivity contribution < 1.29 is 13.9 Å². The number of thiazole rings is 1. The van der Waals surface area contributed by atoms with Gasteiger partial charge in [-0.25, -0.2) is 4.98 Å². The maximum atomic E-state index is 13.2. The first kappa shape index (κ1) is 20.5. The van der Waals surface area contributed by atoms with Gasteiger partial charge in [-0.3, -0.25) is 9.69 Å². The van der Waals surface area contributed by atoms with E-state index < -0.39 is 0 Å². The lowest BCUT2D eigenvalue weighted by atomic mass is 10.1. The van der Waals surface area contributed by atoms with Gasteiger partial charge in [0.15, 0.2) is 5.13 Å². The molecule has 1 amide bonds. The Hall–Kier alpha value is -2.77. The Morgan fingerprint density at radius 1 is 1.17 bits per heavy atom. The largest absolute Gasteiger partial charge is 0.497 e. The van der Waals surface area contributed by atoms with Gasteiger partial charge in [-0.1, -0.05) is 17.4 Å². The van der Waals surface area contributed by atoms with Crippen molar-refractivity contribution in [3.63, 3.8) is 0 Å². The SMILES string of the molecule is COc1ccc(SCC(=O)N(Cc2ccco2)c2nc3c(C)c(C)ccc3s2)cc1. The van der Waals surface area contributed by atoms with E-state index in [4.69, 9.17) is 14.1 Å². The summed E-state index contributed by atoms with van der Waals surface area (Å²) < 4.78 is 11.8. The van der Waals surface area contributed by atoms with Crippen molar-refractivity contribution in [2.24, 2.45) is 0 Å². The van der Waals surface area contributed by atoms with Gasteiger partial charge in [-0.2, -0.15) is 0 Å². The summed E-state index contributed by atoms with van der Waals surface area (Å²) >= 11 is 3.03. The summed E-state index contributed by atoms with van der Waals surface area (Å²) in [6, 6.07) is 15.6. The Kier molecular flexibility index (Phi) is 6.11. The van der Waals surface area contributed by atoms with Crippen molar-refractivity contribution in [1.29, 1.82) is 0 Å². The third kappa shape index (κ3) is 4.37. The lowest BCUT2D eigenvalue weighted by Gasteiger charge is -2.18. The molecule has 0 bridgehead atoms. The van der Waals surface area contributed by atoms with E-state index in [-0.39, 0.29) is 5.91 Å². The molecule has 0 aliphatic heterocycles. The van der Waals surface area contributed by atoms with Crippen molar-refractivity contribution in [2.75, 3.05) is 17.8 Å². The third-order valence-electron chi connectivity index (χ3n) is 4.92. The number of furan rings is 1. The van der Waals surface area contributed by atoms with Gasteiger partial charge in [0, 0.05) is 4.90 Å². The van der Waals surface area contributed by atoms with Crippen LogP contribution in [0.3, 0.4) is 0 Å². The van der Waals surface area contributed by atoms with Crippen LogP contribution in [0.25, 0.3) is 10.2 Å². The van der Waals surface area contributed by atoms with Crippen molar-refractivity contribution in [3.05, 3.63) is 71.7 Å². The molecule has 0 saturated heterocycles. The lowest BCUT2D eigenvalue weighted by molar-refractivity contribution is -0.116. The van der Waals surface area contributed by atoms with Gasteiger partial charge < -0.3 is 9.15 Å². The van der Waals surface area contributed by atoms with Crippen molar-refractivity contribution in [1.82, 2.24) is 4.98 Å². The molecule has 4 aromatic rings. The molecule has 30 heavy (non-hydrogen) atoms. The number of fused-ring (bicyclic) bond motifs is 1. The smallest absolute Gasteiger partial charge is 0.239 e. The van der Waals surface area contributed by atoms with Crippen molar-refractivity contribution >= 4 is 44.4 Å². The summed E-state index contributed by atoms with van der Waals surface area (Å²) in [5, 5.41) is 0.690. The van der Waals surface area contributed by atoms with Crippen LogP contribution in [0.4, 0.5) is 5.13 Å². The normalized spacial score (nSPS) is 11.0. The average Bonchev–Trinajstić information content (AvgIpc) is 3.43. The van der Waals surface area contributed by atoms with Crippen LogP contribution in [-0.2, 0) is 11.3 Å². The van der Waals surface area contributed by atoms with E-state index in [1.807, 2.05) is 36.4 Å². The highest BCUT2D eigenvalue weighted by molar-refractivity contribution is 8.00. The topological polar surface area (TPSA) is 55.6 Å². The van der Waals surface area contributed by atoms with E-state index in [1.165, 1.54) is 28.7 Å². The number of rotatable bonds is 7. The van der Waals surface area contributed by atoms with Gasteiger partial charge in [0.1, 0.15) is 11.5 Å². The van der Waals surface area contributed by atoms with Gasteiger partial charge in [-0.05, 0) is 67.4 Å². The van der Waals surface area contributed by atoms with Gasteiger partial charge in [0.05, 0.1) is 35.9 Å². The zero-order chi connectivity index (χ0) is 21.1. The fraction of sp³-hybridized carbons (Fsp3) is 0.217. The van der Waals surface area contributed by atoms with Gasteiger partial charge in [-0.15, -0.1) is 11.8 Å². The molecule has 0 aliphatic rings. The molecular weight excluding hydrogens is 416 g/mol. The van der Waals surface area contributed by atoms with E-state index in [9.17, 15) is 4.79 Å². The second-order valence-electron chi connectivity index (χ2n) is 6.87. The number of hydrogen-bond acceptors (Lipinski definition) is 6. The maximum absolute atomic E-state index is 13.2. The second kappa shape index (κ2) is 8.93. The van der Waals surface area contributed by atoms with Crippen molar-refractivity contribution in [2.45, 2.75) is 25.3 Å². The molecule has 0 radical (unpaired) electrons. The standard InChI is InChI=1S/C23H22N2O3S2/c1-15-6-11-20-22(16(15)2)24-23(30-20)25(13-18-5-4-12-28-18)21(26)14-29-19-9-7-17(27-3)8-10-19/h4-12H,13-14H2,1-3H3. The molecule has 7 heteroatoms. The summed E-state index contributed by atoms with van der Waals surface area (Å²) in [5.74, 6) is 1.82. The number of aryl methyl sites for hydroxylation is 2. The predicted molar refractivity (Wildman–Crippen MR) is 123 cm³/mol. The highest BCUT2D eigenvalue weighted by Gasteiger charge is 2.22. The molecule has 0 unspecified atom stereocenters. The van der Waals surface area contributed by atoms with Gasteiger partial charge in [0.2, 0.25) is 5.91 Å². The fourth-order valence-electron chi connectivity index (χ4n) is 3.05. The number of ether oxygens (including phenoxy) is 1. The maximum Gasteiger partial charge on any atom is 0.239 e. The number of benzene rings is 2. The minimum Gasteiger partial charge on any atom is -0.497 e. The molecule has 2 aromatic heterocycles. The van der Waals surface area contributed by atoms with Crippen LogP contribution in [0.2, 0.25) is 0 Å². The monoisotopic (exact) mass is 438 g/mol. The van der Waals surface area contributed by atoms with E-state index in [1.54, 1.807) is 18.3 Å². The van der Waals surface area contributed by atoms with Crippen LogP contribution in [0.1, 0.15) is 16.9 Å². The molecule has 0 N–H and O–H groups in total. The number of methoxy groups -OCH3 is 1. The first-order valence-electron chi connectivity index (χ1n) is 9.51. The first-order chi connectivity index (χ1) is 14.5. The Bertz CT molecular complexity index is 1150. The third-order valence-corrected chi connectivity index (χ3v) is 6.96. The van der Waals surface area contributed by atoms with Crippen LogP contribution in [0, 0.1) is 13.8 Å². The van der Waals surface area contributed by atoms with Crippen LogP contribution < -0.4 is 9.64 Å². The second-order valence-corrected chi connectivity index (χ2v) is 8.93. The van der Waals surface area contributed by atoms with Crippen LogP contribution in [0.15, 0.2) is 64.1 Å². The zero-order valence-electron chi connectivity index (χ0n) is 17.0. The number of hydrogen-bond donors (Lipinski definition) is 0. The molecule has 0 atom stereocenters. The zero-order valence-corrected chi connectivity index (χ0v) is 18.7. The number of aromatic nitrogens is 1. The molecule has 0 spiro atoms. The predicted octanol–water partition coefficient (Wildman–Crippen LogP) is 5.84. The molecule has 0 saturated carbocycles. The number of carbonyl (C=O) groups is 1. The Balaban J connectivity index is 1.59.